The van der Waals surface area contributed by atoms with Crippen LogP contribution in [0.4, 0.5) is 13.2 Å². The molecule has 0 heterocycles. The summed E-state index contributed by atoms with van der Waals surface area (Å²) in [4.78, 5) is 58.9. The van der Waals surface area contributed by atoms with Crippen LogP contribution in [-0.2, 0) is 41.6 Å². The number of hydrogen-bond donors (Lipinski definition) is 3. The monoisotopic (exact) mass is 795 g/mol. The molecule has 0 aromatic rings. The van der Waals surface area contributed by atoms with Crippen molar-refractivity contribution in [1.82, 2.24) is 5.32 Å². The van der Waals surface area contributed by atoms with Crippen molar-refractivity contribution in [2.75, 3.05) is 25.8 Å². The number of halogens is 3. The second-order valence-corrected chi connectivity index (χ2v) is 18.6. The maximum atomic E-state index is 18.3. The van der Waals surface area contributed by atoms with Gasteiger partial charge in [-0.2, -0.15) is 4.31 Å². The molecule has 4 unspecified atom stereocenters. The lowest BCUT2D eigenvalue weighted by molar-refractivity contribution is -0.196. The smallest absolute Gasteiger partial charge is 0.356 e. The number of thioether (sulfide) groups is 1. The molecule has 5 aliphatic carbocycles. The van der Waals surface area contributed by atoms with Crippen LogP contribution in [0.15, 0.2) is 23.8 Å². The fourth-order valence-corrected chi connectivity index (χ4v) is 12.4. The van der Waals surface area contributed by atoms with E-state index in [1.54, 1.807) is 13.8 Å². The van der Waals surface area contributed by atoms with E-state index in [2.05, 4.69) is 21.5 Å². The summed E-state index contributed by atoms with van der Waals surface area (Å²) in [5, 5.41) is 1.92. The molecule has 0 aromatic carbocycles. The van der Waals surface area contributed by atoms with Crippen molar-refractivity contribution in [3.63, 3.8) is 0 Å². The van der Waals surface area contributed by atoms with Gasteiger partial charge in [0.1, 0.15) is 31.0 Å². The number of fused-ring (bicyclic) bond motifs is 5. The van der Waals surface area contributed by atoms with Crippen LogP contribution in [0.1, 0.15) is 72.1 Å². The number of nitrogens with one attached hydrogen (secondary N) is 1. The third-order valence-electron chi connectivity index (χ3n) is 11.5. The summed E-state index contributed by atoms with van der Waals surface area (Å²) in [6.07, 6.45) is 3.00. The number of allylic oxidation sites excluding steroid dienone is 4. The number of carbonyl (C=O) groups is 3. The van der Waals surface area contributed by atoms with E-state index >= 15 is 8.78 Å². The van der Waals surface area contributed by atoms with Gasteiger partial charge < -0.3 is 19.8 Å². The Labute approximate surface area is 305 Å². The minimum Gasteiger partial charge on any atom is -0.356 e. The van der Waals surface area contributed by atoms with E-state index in [1.807, 2.05) is 0 Å². The second-order valence-electron chi connectivity index (χ2n) is 14.7. The average Bonchev–Trinajstić information content (AvgIpc) is 3.30. The fourth-order valence-electron chi connectivity index (χ4n) is 9.31. The van der Waals surface area contributed by atoms with Gasteiger partial charge in [-0.05, 0) is 80.4 Å². The van der Waals surface area contributed by atoms with Gasteiger partial charge >= 0.3 is 15.6 Å². The molecule has 5 aliphatic rings. The summed E-state index contributed by atoms with van der Waals surface area (Å²) in [6.45, 7) is 3.50. The number of ketones is 1. The Morgan fingerprint density at radius 1 is 1.13 bits per heavy atom. The summed E-state index contributed by atoms with van der Waals surface area (Å²) in [5.74, 6) is 1.73. The third kappa shape index (κ3) is 8.38. The van der Waals surface area contributed by atoms with Gasteiger partial charge in [0.2, 0.25) is 5.91 Å². The highest BCUT2D eigenvalue weighted by molar-refractivity contribution is 8.13. The Bertz CT molecular complexity index is 1640. The van der Waals surface area contributed by atoms with Crippen molar-refractivity contribution in [3.8, 4) is 11.8 Å². The van der Waals surface area contributed by atoms with Crippen molar-refractivity contribution in [1.29, 1.82) is 0 Å². The SMILES string of the molecule is C[C@@H]1C[C@H]2[C@@H]3C[C@H](F)C4=CC(=O)C=C[C@]4(C)[C@@]3(F)[C@@H](OP(=O)(O)OP(=O)(O)OCCNC(=O)COC3C#CCCCCC3)C[C@@]2(C)C1C(=O)SCF. The highest BCUT2D eigenvalue weighted by Crippen LogP contribution is 2.73. The van der Waals surface area contributed by atoms with Gasteiger partial charge in [-0.15, -0.1) is 5.92 Å². The van der Waals surface area contributed by atoms with Crippen LogP contribution in [0.3, 0.4) is 0 Å². The maximum Gasteiger partial charge on any atom is 0.481 e. The number of ether oxygens (including phenoxy) is 1. The van der Waals surface area contributed by atoms with E-state index in [1.165, 1.54) is 13.0 Å². The van der Waals surface area contributed by atoms with Gasteiger partial charge in [0.15, 0.2) is 16.6 Å². The highest BCUT2D eigenvalue weighted by atomic mass is 32.2. The molecule has 0 saturated heterocycles. The van der Waals surface area contributed by atoms with Crippen molar-refractivity contribution in [2.45, 2.75) is 96.2 Å². The van der Waals surface area contributed by atoms with Gasteiger partial charge in [0.25, 0.3) is 0 Å². The zero-order valence-electron chi connectivity index (χ0n) is 29.3. The zero-order valence-corrected chi connectivity index (χ0v) is 31.9. The zero-order chi connectivity index (χ0) is 38.1. The molecule has 0 spiro atoms. The molecule has 290 valence electrons. The van der Waals surface area contributed by atoms with E-state index in [4.69, 9.17) is 13.8 Å². The van der Waals surface area contributed by atoms with Gasteiger partial charge in [-0.25, -0.2) is 22.3 Å². The van der Waals surface area contributed by atoms with Gasteiger partial charge in [0.05, 0.1) is 6.61 Å². The molecule has 12 atom stereocenters. The number of hydrogen-bond acceptors (Lipinski definition) is 10. The average molecular weight is 796 g/mol. The number of phosphoric acid groups is 2. The first-order valence-electron chi connectivity index (χ1n) is 17.4. The molecule has 3 saturated carbocycles. The van der Waals surface area contributed by atoms with Crippen LogP contribution < -0.4 is 5.32 Å². The lowest BCUT2D eigenvalue weighted by Gasteiger charge is -2.63. The summed E-state index contributed by atoms with van der Waals surface area (Å²) in [5.41, 5.74) is -5.89. The molecular weight excluding hydrogens is 749 g/mol. The Balaban J connectivity index is 1.30. The third-order valence-corrected chi connectivity index (χ3v) is 14.8. The normalized spacial score (nSPS) is 39.2. The lowest BCUT2D eigenvalue weighted by Crippen LogP contribution is -2.68. The van der Waals surface area contributed by atoms with Crippen LogP contribution in [0.5, 0.6) is 0 Å². The number of phosphoric ester groups is 2. The molecular formula is C34H46F3NO11P2S. The van der Waals surface area contributed by atoms with E-state index in [0.29, 0.717) is 18.2 Å². The largest absolute Gasteiger partial charge is 0.481 e. The summed E-state index contributed by atoms with van der Waals surface area (Å²) >= 11 is 0.451. The van der Waals surface area contributed by atoms with Crippen molar-refractivity contribution in [2.24, 2.45) is 34.5 Å². The van der Waals surface area contributed by atoms with Crippen LogP contribution >= 0.6 is 27.4 Å². The number of rotatable bonds is 13. The molecule has 3 N–H and O–H groups in total. The Morgan fingerprint density at radius 3 is 2.62 bits per heavy atom. The Kier molecular flexibility index (Phi) is 12.8. The first-order chi connectivity index (χ1) is 24.4. The predicted octanol–water partition coefficient (Wildman–Crippen LogP) is 6.08. The van der Waals surface area contributed by atoms with Crippen LogP contribution in [0.25, 0.3) is 0 Å². The minimum atomic E-state index is -5.68. The number of carbonyl (C=O) groups excluding carboxylic acids is 3. The van der Waals surface area contributed by atoms with E-state index in [0.717, 1.165) is 37.8 Å². The maximum absolute atomic E-state index is 18.3. The molecule has 0 aromatic heterocycles. The number of amides is 1. The fraction of sp³-hybridized carbons (Fsp3) is 0.735. The summed E-state index contributed by atoms with van der Waals surface area (Å²) < 4.78 is 94.1. The lowest BCUT2D eigenvalue weighted by atomic mass is 9.45. The Hall–Kier alpha value is -1.79. The minimum absolute atomic E-state index is 0.183. The van der Waals surface area contributed by atoms with E-state index in [9.17, 15) is 37.7 Å². The van der Waals surface area contributed by atoms with Crippen molar-refractivity contribution >= 4 is 44.2 Å². The van der Waals surface area contributed by atoms with Crippen molar-refractivity contribution < 1.29 is 64.6 Å². The first-order valence-corrected chi connectivity index (χ1v) is 21.4. The van der Waals surface area contributed by atoms with Gasteiger partial charge in [-0.1, -0.05) is 44.0 Å². The molecule has 0 radical (unpaired) electrons. The quantitative estimate of drug-likeness (QED) is 0.112. The molecule has 1 amide bonds. The van der Waals surface area contributed by atoms with Gasteiger partial charge in [0, 0.05) is 30.2 Å². The predicted molar refractivity (Wildman–Crippen MR) is 184 cm³/mol. The molecule has 12 nitrogen and oxygen atoms in total. The standard InChI is InChI=1S/C34H46F3NO11P2S/c1-21-15-24-25-17-27(36)26-16-22(39)11-12-33(26,3)34(25,37)28(18-32(24,2)30(21)31(41)52-20-35)48-51(44,45)49-50(42,43)47-14-13-38-29(40)19-46-23-9-7-5-4-6-8-10-23/h11-12,16,21,23-25,27-28,30H,4-7,9,13-15,17-20H2,1-3H3,(H,38,40)(H,42,43)(H,44,45)/t21-,23?,24+,25+,27+,28+,30?,32-,33+,34+/m1/s1. The van der Waals surface area contributed by atoms with E-state index < -0.39 is 111 Å². The molecule has 52 heavy (non-hydrogen) atoms. The molecule has 5 rings (SSSR count). The van der Waals surface area contributed by atoms with Crippen LogP contribution in [0.2, 0.25) is 0 Å². The second kappa shape index (κ2) is 16.1. The molecule has 0 bridgehead atoms. The van der Waals surface area contributed by atoms with Gasteiger partial charge in [-0.3, -0.25) is 23.4 Å². The topological polar surface area (TPSA) is 175 Å². The highest BCUT2D eigenvalue weighted by Gasteiger charge is 2.74. The molecule has 18 heteroatoms. The molecule has 3 fully saturated rings. The van der Waals surface area contributed by atoms with E-state index in [-0.39, 0.29) is 31.1 Å². The summed E-state index contributed by atoms with van der Waals surface area (Å²) in [7, 11) is -11.1. The van der Waals surface area contributed by atoms with Crippen LogP contribution in [0, 0.1) is 46.3 Å². The Morgan fingerprint density at radius 2 is 1.88 bits per heavy atom. The summed E-state index contributed by atoms with van der Waals surface area (Å²) in [6, 6.07) is -1.00. The first kappa shape index (κ1) is 41.4. The molecule has 0 aliphatic heterocycles. The number of alkyl halides is 3. The van der Waals surface area contributed by atoms with Crippen LogP contribution in [-0.4, -0.2) is 76.4 Å². The van der Waals surface area contributed by atoms with Crippen molar-refractivity contribution in [3.05, 3.63) is 23.8 Å².